The second kappa shape index (κ2) is 9.01. The van der Waals surface area contributed by atoms with Crippen molar-refractivity contribution in [2.75, 3.05) is 24.7 Å². The molecule has 1 aliphatic rings. The van der Waals surface area contributed by atoms with E-state index in [0.717, 1.165) is 5.56 Å². The molecule has 2 aromatic heterocycles. The quantitative estimate of drug-likeness (QED) is 0.413. The Kier molecular flexibility index (Phi) is 5.99. The molecule has 0 radical (unpaired) electrons. The number of aromatic hydroxyl groups is 1. The SMILES string of the molecule is Cn1nc(-c2cc(C(F)(F)F)c(F)c(O)c2F)c2cnc(N3CCOCC3Cc3ccccc3)nc21. The fraction of sp³-hybridized carbons (Fsp3) is 0.292. The van der Waals surface area contributed by atoms with E-state index in [9.17, 15) is 27.1 Å². The molecule has 3 heterocycles. The predicted octanol–water partition coefficient (Wildman–Crippen LogP) is 4.48. The van der Waals surface area contributed by atoms with E-state index in [4.69, 9.17) is 4.74 Å². The topological polar surface area (TPSA) is 76.3 Å². The van der Waals surface area contributed by atoms with Gasteiger partial charge in [-0.2, -0.15) is 23.3 Å². The maximum atomic E-state index is 14.7. The van der Waals surface area contributed by atoms with Crippen molar-refractivity contribution in [3.8, 4) is 17.0 Å². The number of phenolic OH excluding ortho intramolecular Hbond substituents is 1. The molecular weight excluding hydrogens is 485 g/mol. The Morgan fingerprint density at radius 2 is 1.89 bits per heavy atom. The second-order valence-corrected chi connectivity index (χ2v) is 8.44. The Morgan fingerprint density at radius 1 is 1.14 bits per heavy atom. The lowest BCUT2D eigenvalue weighted by Crippen LogP contribution is -2.47. The van der Waals surface area contributed by atoms with Crippen LogP contribution in [0.4, 0.5) is 27.9 Å². The van der Waals surface area contributed by atoms with Gasteiger partial charge in [0, 0.05) is 25.4 Å². The fourth-order valence-electron chi connectivity index (χ4n) is 4.34. The van der Waals surface area contributed by atoms with Crippen LogP contribution in [0.3, 0.4) is 0 Å². The van der Waals surface area contributed by atoms with Gasteiger partial charge in [-0.1, -0.05) is 30.3 Å². The summed E-state index contributed by atoms with van der Waals surface area (Å²) in [5.41, 5.74) is -1.42. The maximum absolute atomic E-state index is 14.7. The predicted molar refractivity (Wildman–Crippen MR) is 120 cm³/mol. The van der Waals surface area contributed by atoms with Crippen LogP contribution in [0, 0.1) is 11.6 Å². The number of anilines is 1. The Labute approximate surface area is 201 Å². The molecule has 0 amide bonds. The highest BCUT2D eigenvalue weighted by Gasteiger charge is 2.38. The zero-order chi connectivity index (χ0) is 25.6. The van der Waals surface area contributed by atoms with Crippen molar-refractivity contribution in [1.29, 1.82) is 0 Å². The van der Waals surface area contributed by atoms with E-state index in [2.05, 4.69) is 15.1 Å². The van der Waals surface area contributed by atoms with E-state index in [1.165, 1.54) is 17.9 Å². The summed E-state index contributed by atoms with van der Waals surface area (Å²) in [6.45, 7) is 1.43. The zero-order valence-corrected chi connectivity index (χ0v) is 18.9. The summed E-state index contributed by atoms with van der Waals surface area (Å²) < 4.78 is 75.4. The van der Waals surface area contributed by atoms with Crippen molar-refractivity contribution >= 4 is 17.0 Å². The lowest BCUT2D eigenvalue weighted by molar-refractivity contribution is -0.140. The van der Waals surface area contributed by atoms with Gasteiger partial charge in [0.15, 0.2) is 23.0 Å². The molecule has 4 aromatic rings. The van der Waals surface area contributed by atoms with Crippen molar-refractivity contribution in [2.24, 2.45) is 7.05 Å². The van der Waals surface area contributed by atoms with Gasteiger partial charge < -0.3 is 14.7 Å². The molecular formula is C24H20F5N5O2. The molecule has 1 aliphatic heterocycles. The highest BCUT2D eigenvalue weighted by atomic mass is 19.4. The van der Waals surface area contributed by atoms with Crippen LogP contribution in [0.1, 0.15) is 11.1 Å². The molecule has 1 unspecified atom stereocenters. The average molecular weight is 505 g/mol. The highest BCUT2D eigenvalue weighted by Crippen LogP contribution is 2.41. The first kappa shape index (κ1) is 23.9. The van der Waals surface area contributed by atoms with Gasteiger partial charge in [-0.05, 0) is 18.1 Å². The number of ether oxygens (including phenoxy) is 1. The third-order valence-corrected chi connectivity index (χ3v) is 6.10. The summed E-state index contributed by atoms with van der Waals surface area (Å²) in [5, 5.41) is 14.0. The molecule has 36 heavy (non-hydrogen) atoms. The molecule has 0 saturated carbocycles. The fourth-order valence-corrected chi connectivity index (χ4v) is 4.34. The number of benzene rings is 2. The van der Waals surface area contributed by atoms with Crippen LogP contribution in [0.5, 0.6) is 5.75 Å². The number of halogens is 5. The van der Waals surface area contributed by atoms with Crippen LogP contribution in [0.2, 0.25) is 0 Å². The first-order valence-electron chi connectivity index (χ1n) is 11.0. The van der Waals surface area contributed by atoms with Gasteiger partial charge in [0.25, 0.3) is 0 Å². The van der Waals surface area contributed by atoms with E-state index in [1.54, 1.807) is 0 Å². The average Bonchev–Trinajstić information content (AvgIpc) is 3.18. The Morgan fingerprint density at radius 3 is 2.61 bits per heavy atom. The summed E-state index contributed by atoms with van der Waals surface area (Å²) in [4.78, 5) is 10.9. The zero-order valence-electron chi connectivity index (χ0n) is 18.9. The summed E-state index contributed by atoms with van der Waals surface area (Å²) in [6, 6.07) is 10.1. The number of nitrogens with zero attached hydrogens (tertiary/aromatic N) is 5. The minimum atomic E-state index is -5.15. The number of aromatic nitrogens is 4. The van der Waals surface area contributed by atoms with Gasteiger partial charge in [-0.25, -0.2) is 18.4 Å². The monoisotopic (exact) mass is 505 g/mol. The molecule has 188 valence electrons. The van der Waals surface area contributed by atoms with Gasteiger partial charge >= 0.3 is 6.18 Å². The van der Waals surface area contributed by atoms with Crippen LogP contribution in [-0.4, -0.2) is 50.7 Å². The summed E-state index contributed by atoms with van der Waals surface area (Å²) in [5.74, 6) is -5.01. The Hall–Kier alpha value is -3.80. The molecule has 0 spiro atoms. The lowest BCUT2D eigenvalue weighted by atomic mass is 10.0. The molecule has 0 aliphatic carbocycles. The van der Waals surface area contributed by atoms with Crippen LogP contribution in [0.25, 0.3) is 22.3 Å². The third kappa shape index (κ3) is 4.21. The van der Waals surface area contributed by atoms with E-state index in [0.29, 0.717) is 32.1 Å². The van der Waals surface area contributed by atoms with E-state index in [1.807, 2.05) is 35.2 Å². The highest BCUT2D eigenvalue weighted by molar-refractivity contribution is 5.91. The Balaban J connectivity index is 1.56. The van der Waals surface area contributed by atoms with Crippen LogP contribution >= 0.6 is 0 Å². The smallest absolute Gasteiger partial charge is 0.419 e. The summed E-state index contributed by atoms with van der Waals surface area (Å²) in [6.07, 6.45) is -3.14. The Bertz CT molecular complexity index is 1420. The van der Waals surface area contributed by atoms with Crippen molar-refractivity contribution < 1.29 is 31.8 Å². The minimum absolute atomic E-state index is 0.0628. The molecule has 12 heteroatoms. The van der Waals surface area contributed by atoms with E-state index >= 15 is 0 Å². The largest absolute Gasteiger partial charge is 0.503 e. The third-order valence-electron chi connectivity index (χ3n) is 6.10. The van der Waals surface area contributed by atoms with Crippen molar-refractivity contribution in [3.05, 3.63) is 65.4 Å². The molecule has 2 aromatic carbocycles. The van der Waals surface area contributed by atoms with Crippen molar-refractivity contribution in [2.45, 2.75) is 18.6 Å². The molecule has 1 fully saturated rings. The number of aryl methyl sites for hydroxylation is 1. The van der Waals surface area contributed by atoms with Gasteiger partial charge in [0.2, 0.25) is 5.95 Å². The van der Waals surface area contributed by atoms with Gasteiger partial charge in [-0.15, -0.1) is 0 Å². The normalized spacial score (nSPS) is 16.6. The van der Waals surface area contributed by atoms with Gasteiger partial charge in [-0.3, -0.25) is 0 Å². The molecule has 5 rings (SSSR count). The minimum Gasteiger partial charge on any atom is -0.503 e. The van der Waals surface area contributed by atoms with Gasteiger partial charge in [0.05, 0.1) is 30.2 Å². The molecule has 7 nitrogen and oxygen atoms in total. The number of fused-ring (bicyclic) bond motifs is 1. The standard InChI is InChI=1S/C24H20F5N5O2/c1-33-22-16(20(32-33)15-10-17(24(27,28)29)19(26)21(35)18(15)25)11-30-23(31-22)34-7-8-36-12-14(34)9-13-5-3-2-4-6-13/h2-6,10-11,14,35H,7-9,12H2,1H3. The van der Waals surface area contributed by atoms with E-state index in [-0.39, 0.29) is 28.8 Å². The van der Waals surface area contributed by atoms with Crippen LogP contribution < -0.4 is 4.90 Å². The lowest BCUT2D eigenvalue weighted by Gasteiger charge is -2.35. The van der Waals surface area contributed by atoms with Crippen LogP contribution in [-0.2, 0) is 24.4 Å². The second-order valence-electron chi connectivity index (χ2n) is 8.44. The van der Waals surface area contributed by atoms with E-state index < -0.39 is 34.7 Å². The maximum Gasteiger partial charge on any atom is 0.419 e. The molecule has 1 saturated heterocycles. The first-order chi connectivity index (χ1) is 17.1. The number of morpholine rings is 1. The van der Waals surface area contributed by atoms with Gasteiger partial charge in [0.1, 0.15) is 5.69 Å². The summed E-state index contributed by atoms with van der Waals surface area (Å²) in [7, 11) is 1.50. The number of alkyl halides is 3. The number of rotatable bonds is 4. The number of phenols is 1. The van der Waals surface area contributed by atoms with Crippen molar-refractivity contribution in [3.63, 3.8) is 0 Å². The van der Waals surface area contributed by atoms with Crippen LogP contribution in [0.15, 0.2) is 42.6 Å². The van der Waals surface area contributed by atoms with Crippen molar-refractivity contribution in [1.82, 2.24) is 19.7 Å². The molecule has 1 atom stereocenters. The summed E-state index contributed by atoms with van der Waals surface area (Å²) >= 11 is 0. The first-order valence-corrected chi connectivity index (χ1v) is 11.0. The number of hydrogen-bond acceptors (Lipinski definition) is 6. The number of hydrogen-bond donors (Lipinski definition) is 1. The molecule has 1 N–H and O–H groups in total. The molecule has 0 bridgehead atoms.